The molecule has 1 aromatic carbocycles. The number of alkyl halides is 1. The lowest BCUT2D eigenvalue weighted by molar-refractivity contribution is -0.138. The van der Waals surface area contributed by atoms with E-state index < -0.39 is 5.67 Å². The highest BCUT2D eigenvalue weighted by Gasteiger charge is 2.53. The zero-order chi connectivity index (χ0) is 17.5. The number of halogens is 2. The molecule has 0 aromatic heterocycles. The quantitative estimate of drug-likeness (QED) is 0.832. The Morgan fingerprint density at radius 2 is 1.64 bits per heavy atom. The largest absolute Gasteiger partial charge is 0.340 e. The van der Waals surface area contributed by atoms with Crippen molar-refractivity contribution in [1.29, 1.82) is 0 Å². The summed E-state index contributed by atoms with van der Waals surface area (Å²) in [4.78, 5) is 16.6. The molecular weight excluding hydrogens is 322 g/mol. The van der Waals surface area contributed by atoms with Crippen LogP contribution in [-0.2, 0) is 11.3 Å². The molecule has 2 aliphatic heterocycles. The highest BCUT2D eigenvalue weighted by Crippen LogP contribution is 2.43. The fraction of sp³-hybridized carbons (Fsp3) is 0.650. The average molecular weight is 348 g/mol. The number of likely N-dealkylation sites (tertiary alicyclic amines) is 2. The first-order chi connectivity index (χ1) is 12.0. The fourth-order valence-corrected chi connectivity index (χ4v) is 4.61. The van der Waals surface area contributed by atoms with Gasteiger partial charge in [-0.3, -0.25) is 9.69 Å². The lowest BCUT2D eigenvalue weighted by Crippen LogP contribution is -2.45. The molecule has 5 heteroatoms. The lowest BCUT2D eigenvalue weighted by atomic mass is 9.87. The van der Waals surface area contributed by atoms with Gasteiger partial charge >= 0.3 is 0 Å². The summed E-state index contributed by atoms with van der Waals surface area (Å²) < 4.78 is 27.3. The van der Waals surface area contributed by atoms with Crippen molar-refractivity contribution in [1.82, 2.24) is 9.80 Å². The van der Waals surface area contributed by atoms with E-state index in [0.29, 0.717) is 25.9 Å². The first-order valence-corrected chi connectivity index (χ1v) is 9.49. The maximum atomic E-state index is 14.1. The van der Waals surface area contributed by atoms with E-state index in [1.165, 1.54) is 12.1 Å². The first kappa shape index (κ1) is 17.0. The van der Waals surface area contributed by atoms with E-state index >= 15 is 0 Å². The van der Waals surface area contributed by atoms with Crippen molar-refractivity contribution < 1.29 is 13.6 Å². The van der Waals surface area contributed by atoms with Crippen LogP contribution in [0.5, 0.6) is 0 Å². The van der Waals surface area contributed by atoms with Gasteiger partial charge in [-0.05, 0) is 69.2 Å². The molecule has 3 nitrogen and oxygen atoms in total. The van der Waals surface area contributed by atoms with Crippen LogP contribution in [-0.4, -0.2) is 46.5 Å². The molecule has 1 amide bonds. The Hall–Kier alpha value is -1.49. The zero-order valence-electron chi connectivity index (χ0n) is 14.6. The minimum atomic E-state index is -1.55. The van der Waals surface area contributed by atoms with Gasteiger partial charge in [0.05, 0.1) is 0 Å². The van der Waals surface area contributed by atoms with Crippen LogP contribution in [0.1, 0.15) is 50.5 Å². The van der Waals surface area contributed by atoms with Crippen LogP contribution in [0, 0.1) is 5.82 Å². The van der Waals surface area contributed by atoms with E-state index in [1.807, 2.05) is 12.1 Å². The summed E-state index contributed by atoms with van der Waals surface area (Å²) in [5.41, 5.74) is -0.321. The fourth-order valence-electron chi connectivity index (χ4n) is 4.61. The minimum Gasteiger partial charge on any atom is -0.340 e. The Morgan fingerprint density at radius 1 is 0.960 bits per heavy atom. The summed E-state index contributed by atoms with van der Waals surface area (Å²) in [5, 5.41) is 0. The highest BCUT2D eigenvalue weighted by atomic mass is 19.1. The molecule has 0 radical (unpaired) electrons. The number of rotatable bonds is 3. The van der Waals surface area contributed by atoms with Crippen LogP contribution in [0.2, 0.25) is 0 Å². The SMILES string of the molecule is O=C(N1CCC[C@]2(CCCN2Cc2ccc(F)cc2)CC1)C1(F)CC1. The second-order valence-corrected chi connectivity index (χ2v) is 7.99. The topological polar surface area (TPSA) is 23.6 Å². The summed E-state index contributed by atoms with van der Waals surface area (Å²) in [5.74, 6) is -0.489. The summed E-state index contributed by atoms with van der Waals surface area (Å²) in [6.07, 6.45) is 5.97. The number of carbonyl (C=O) groups excluding carboxylic acids is 1. The molecule has 1 atom stereocenters. The van der Waals surface area contributed by atoms with Gasteiger partial charge in [0.25, 0.3) is 5.91 Å². The van der Waals surface area contributed by atoms with Gasteiger partial charge in [0.15, 0.2) is 5.67 Å². The van der Waals surface area contributed by atoms with Crippen molar-refractivity contribution in [2.75, 3.05) is 19.6 Å². The molecule has 0 N–H and O–H groups in total. The van der Waals surface area contributed by atoms with Gasteiger partial charge in [-0.2, -0.15) is 0 Å². The average Bonchev–Trinajstić information content (AvgIpc) is 3.29. The van der Waals surface area contributed by atoms with Crippen LogP contribution in [0.3, 0.4) is 0 Å². The normalized spacial score (nSPS) is 29.0. The second kappa shape index (κ2) is 6.35. The molecule has 2 saturated heterocycles. The van der Waals surface area contributed by atoms with E-state index in [4.69, 9.17) is 0 Å². The van der Waals surface area contributed by atoms with Gasteiger partial charge in [0, 0.05) is 25.2 Å². The molecule has 1 aromatic rings. The molecule has 0 unspecified atom stereocenters. The van der Waals surface area contributed by atoms with Gasteiger partial charge in [-0.15, -0.1) is 0 Å². The van der Waals surface area contributed by atoms with Gasteiger partial charge in [-0.1, -0.05) is 12.1 Å². The van der Waals surface area contributed by atoms with Gasteiger partial charge in [0.1, 0.15) is 5.82 Å². The number of benzene rings is 1. The van der Waals surface area contributed by atoms with Crippen molar-refractivity contribution >= 4 is 5.91 Å². The van der Waals surface area contributed by atoms with Crippen molar-refractivity contribution in [2.24, 2.45) is 0 Å². The molecule has 2 heterocycles. The highest BCUT2D eigenvalue weighted by molar-refractivity contribution is 5.88. The molecule has 1 aliphatic carbocycles. The van der Waals surface area contributed by atoms with E-state index in [0.717, 1.165) is 50.8 Å². The summed E-state index contributed by atoms with van der Waals surface area (Å²) in [6.45, 7) is 3.20. The molecule has 4 rings (SSSR count). The maximum Gasteiger partial charge on any atom is 0.260 e. The molecule has 3 fully saturated rings. The molecular formula is C20H26F2N2O. The Kier molecular flexibility index (Phi) is 4.30. The van der Waals surface area contributed by atoms with Crippen LogP contribution < -0.4 is 0 Å². The Labute approximate surface area is 148 Å². The van der Waals surface area contributed by atoms with Crippen LogP contribution in [0.15, 0.2) is 24.3 Å². The predicted molar refractivity (Wildman–Crippen MR) is 92.3 cm³/mol. The molecule has 25 heavy (non-hydrogen) atoms. The predicted octanol–water partition coefficient (Wildman–Crippen LogP) is 3.67. The van der Waals surface area contributed by atoms with Crippen LogP contribution >= 0.6 is 0 Å². The number of amides is 1. The molecule has 3 aliphatic rings. The summed E-state index contributed by atoms with van der Waals surface area (Å²) >= 11 is 0. The molecule has 1 spiro atoms. The Bertz CT molecular complexity index is 644. The van der Waals surface area contributed by atoms with Crippen molar-refractivity contribution in [3.63, 3.8) is 0 Å². The van der Waals surface area contributed by atoms with Crippen LogP contribution in [0.25, 0.3) is 0 Å². The van der Waals surface area contributed by atoms with Crippen LogP contribution in [0.4, 0.5) is 8.78 Å². The van der Waals surface area contributed by atoms with E-state index in [1.54, 1.807) is 4.90 Å². The third kappa shape index (κ3) is 3.31. The lowest BCUT2D eigenvalue weighted by Gasteiger charge is -2.38. The van der Waals surface area contributed by atoms with Crippen molar-refractivity contribution in [3.05, 3.63) is 35.6 Å². The Balaban J connectivity index is 1.44. The molecule has 1 saturated carbocycles. The first-order valence-electron chi connectivity index (χ1n) is 9.49. The monoisotopic (exact) mass is 348 g/mol. The van der Waals surface area contributed by atoms with Crippen molar-refractivity contribution in [3.8, 4) is 0 Å². The molecule has 0 bridgehead atoms. The van der Waals surface area contributed by atoms with E-state index in [2.05, 4.69) is 4.90 Å². The maximum absolute atomic E-state index is 14.1. The van der Waals surface area contributed by atoms with E-state index in [-0.39, 0.29) is 17.3 Å². The van der Waals surface area contributed by atoms with E-state index in [9.17, 15) is 13.6 Å². The smallest absolute Gasteiger partial charge is 0.260 e. The second-order valence-electron chi connectivity index (χ2n) is 7.99. The van der Waals surface area contributed by atoms with Gasteiger partial charge in [-0.25, -0.2) is 8.78 Å². The third-order valence-corrected chi connectivity index (χ3v) is 6.30. The number of hydrogen-bond acceptors (Lipinski definition) is 2. The Morgan fingerprint density at radius 3 is 2.32 bits per heavy atom. The molecule has 136 valence electrons. The third-order valence-electron chi connectivity index (χ3n) is 6.30. The number of hydrogen-bond donors (Lipinski definition) is 0. The summed E-state index contributed by atoms with van der Waals surface area (Å²) in [7, 11) is 0. The number of carbonyl (C=O) groups is 1. The summed E-state index contributed by atoms with van der Waals surface area (Å²) in [6, 6.07) is 6.74. The minimum absolute atomic E-state index is 0.108. The zero-order valence-corrected chi connectivity index (χ0v) is 14.6. The number of nitrogens with zero attached hydrogens (tertiary/aromatic N) is 2. The van der Waals surface area contributed by atoms with Gasteiger partial charge in [0.2, 0.25) is 0 Å². The standard InChI is InChI=1S/C20H26F2N2O/c21-17-5-3-16(4-6-17)15-24-13-2-8-19(24)7-1-12-23(14-11-19)18(25)20(22)9-10-20/h3-6H,1-2,7-15H2/t19-/m0/s1. The van der Waals surface area contributed by atoms with Crippen molar-refractivity contribution in [2.45, 2.75) is 62.7 Å². The van der Waals surface area contributed by atoms with Gasteiger partial charge < -0.3 is 4.90 Å².